The number of nitrogens with zero attached hydrogens (tertiary/aromatic N) is 4. The average Bonchev–Trinajstić information content (AvgIpc) is 3.17. The lowest BCUT2D eigenvalue weighted by Gasteiger charge is -2.26. The summed E-state index contributed by atoms with van der Waals surface area (Å²) in [6.45, 7) is 2.33. The van der Waals surface area contributed by atoms with Gasteiger partial charge in [0.15, 0.2) is 0 Å². The van der Waals surface area contributed by atoms with Crippen LogP contribution in [0.2, 0.25) is 0 Å². The van der Waals surface area contributed by atoms with Crippen LogP contribution < -0.4 is 9.57 Å². The number of hydrogen-bond acceptors (Lipinski definition) is 7. The van der Waals surface area contributed by atoms with Crippen LogP contribution in [0, 0.1) is 0 Å². The summed E-state index contributed by atoms with van der Waals surface area (Å²) in [6, 6.07) is 14.3. The van der Waals surface area contributed by atoms with Crippen molar-refractivity contribution in [3.8, 4) is 5.75 Å². The number of sulfonamides is 1. The number of morpholine rings is 1. The Morgan fingerprint density at radius 3 is 2.62 bits per heavy atom. The van der Waals surface area contributed by atoms with Crippen LogP contribution in [0.3, 0.4) is 0 Å². The second kappa shape index (κ2) is 8.76. The number of ether oxygens (including phenoxy) is 2. The zero-order chi connectivity index (χ0) is 20.1. The van der Waals surface area contributed by atoms with Crippen LogP contribution >= 0.6 is 0 Å². The zero-order valence-electron chi connectivity index (χ0n) is 15.8. The van der Waals surface area contributed by atoms with Crippen molar-refractivity contribution >= 4 is 21.1 Å². The largest absolute Gasteiger partial charge is 0.493 e. The fraction of sp³-hybridized carbons (Fsp3) is 0.368. The molecule has 3 aromatic rings. The lowest BCUT2D eigenvalue weighted by atomic mass is 10.3. The molecule has 0 radical (unpaired) electrons. The molecule has 0 saturated carbocycles. The summed E-state index contributed by atoms with van der Waals surface area (Å²) in [6.07, 6.45) is 0.641. The molecule has 1 aliphatic heterocycles. The third-order valence-corrected chi connectivity index (χ3v) is 6.40. The van der Waals surface area contributed by atoms with Crippen molar-refractivity contribution in [2.45, 2.75) is 11.3 Å². The van der Waals surface area contributed by atoms with Gasteiger partial charge in [-0.2, -0.15) is 4.31 Å². The van der Waals surface area contributed by atoms with E-state index >= 15 is 0 Å². The first-order chi connectivity index (χ1) is 14.1. The molecule has 0 aliphatic carbocycles. The minimum absolute atomic E-state index is 0.187. The van der Waals surface area contributed by atoms with Gasteiger partial charge in [-0.15, -0.1) is 5.10 Å². The van der Waals surface area contributed by atoms with Gasteiger partial charge in [-0.05, 0) is 35.5 Å². The molecule has 0 spiro atoms. The molecule has 2 aromatic carbocycles. The second-order valence-electron chi connectivity index (χ2n) is 6.48. The Bertz CT molecular complexity index is 1050. The highest BCUT2D eigenvalue weighted by atomic mass is 32.2. The van der Waals surface area contributed by atoms with Crippen molar-refractivity contribution in [3.05, 3.63) is 48.5 Å². The number of benzene rings is 2. The summed E-state index contributed by atoms with van der Waals surface area (Å²) >= 11 is 0. The Labute approximate surface area is 168 Å². The van der Waals surface area contributed by atoms with E-state index in [0.717, 1.165) is 5.75 Å². The summed E-state index contributed by atoms with van der Waals surface area (Å²) < 4.78 is 38.0. The van der Waals surface area contributed by atoms with E-state index in [1.165, 1.54) is 9.15 Å². The van der Waals surface area contributed by atoms with Gasteiger partial charge in [0.25, 0.3) is 0 Å². The molecule has 0 N–H and O–H groups in total. The first-order valence-electron chi connectivity index (χ1n) is 9.39. The zero-order valence-corrected chi connectivity index (χ0v) is 16.6. The maximum atomic E-state index is 12.9. The van der Waals surface area contributed by atoms with Gasteiger partial charge in [-0.3, -0.25) is 0 Å². The highest BCUT2D eigenvalue weighted by molar-refractivity contribution is 7.89. The van der Waals surface area contributed by atoms with Crippen molar-refractivity contribution < 1.29 is 22.7 Å². The van der Waals surface area contributed by atoms with Crippen LogP contribution in [0.1, 0.15) is 6.42 Å². The fourth-order valence-corrected chi connectivity index (χ4v) is 4.42. The SMILES string of the molecule is O=S(=O)(c1ccc2nnn(OCCCOc3ccccc3)c2c1)N1CCOCC1. The van der Waals surface area contributed by atoms with E-state index in [9.17, 15) is 8.42 Å². The number of rotatable bonds is 8. The lowest BCUT2D eigenvalue weighted by Crippen LogP contribution is -2.40. The maximum Gasteiger partial charge on any atom is 0.243 e. The van der Waals surface area contributed by atoms with E-state index in [2.05, 4.69) is 10.3 Å². The molecule has 10 heteroatoms. The molecule has 0 unspecified atom stereocenters. The topological polar surface area (TPSA) is 95.8 Å². The Balaban J connectivity index is 1.40. The molecular weight excluding hydrogens is 396 g/mol. The molecule has 154 valence electrons. The average molecular weight is 418 g/mol. The van der Waals surface area contributed by atoms with Crippen molar-refractivity contribution in [1.29, 1.82) is 0 Å². The highest BCUT2D eigenvalue weighted by Crippen LogP contribution is 2.21. The summed E-state index contributed by atoms with van der Waals surface area (Å²) in [5.74, 6) is 0.802. The van der Waals surface area contributed by atoms with Crippen molar-refractivity contribution in [3.63, 3.8) is 0 Å². The Hall–Kier alpha value is -2.69. The molecule has 1 aliphatic rings. The van der Waals surface area contributed by atoms with Gasteiger partial charge in [0, 0.05) is 19.5 Å². The third kappa shape index (κ3) is 4.50. The van der Waals surface area contributed by atoms with Gasteiger partial charge in [0.05, 0.1) is 24.7 Å². The molecule has 4 rings (SSSR count). The molecule has 1 fully saturated rings. The normalized spacial score (nSPS) is 15.4. The van der Waals surface area contributed by atoms with Gasteiger partial charge in [-0.25, -0.2) is 8.42 Å². The van der Waals surface area contributed by atoms with Crippen molar-refractivity contribution in [1.82, 2.24) is 19.5 Å². The van der Waals surface area contributed by atoms with E-state index in [1.807, 2.05) is 30.3 Å². The van der Waals surface area contributed by atoms with Crippen LogP contribution in [-0.2, 0) is 14.8 Å². The predicted octanol–water partition coefficient (Wildman–Crippen LogP) is 1.35. The van der Waals surface area contributed by atoms with Crippen LogP contribution in [0.15, 0.2) is 53.4 Å². The Morgan fingerprint density at radius 1 is 1.03 bits per heavy atom. The number of para-hydroxylation sites is 1. The number of fused-ring (bicyclic) bond motifs is 1. The second-order valence-corrected chi connectivity index (χ2v) is 8.42. The molecular formula is C19H22N4O5S. The maximum absolute atomic E-state index is 12.9. The van der Waals surface area contributed by atoms with Gasteiger partial charge >= 0.3 is 0 Å². The first kappa shape index (κ1) is 19.6. The van der Waals surface area contributed by atoms with Crippen LogP contribution in [0.4, 0.5) is 0 Å². The minimum atomic E-state index is -3.60. The fourth-order valence-electron chi connectivity index (χ4n) is 2.99. The number of aromatic nitrogens is 3. The molecule has 9 nitrogen and oxygen atoms in total. The van der Waals surface area contributed by atoms with Gasteiger partial charge in [-0.1, -0.05) is 23.0 Å². The molecule has 0 atom stereocenters. The quantitative estimate of drug-likeness (QED) is 0.510. The molecule has 2 heterocycles. The molecule has 1 aromatic heterocycles. The minimum Gasteiger partial charge on any atom is -0.493 e. The third-order valence-electron chi connectivity index (χ3n) is 4.51. The van der Waals surface area contributed by atoms with Gasteiger partial charge in [0.1, 0.15) is 23.4 Å². The van der Waals surface area contributed by atoms with E-state index in [-0.39, 0.29) is 4.90 Å². The molecule has 0 bridgehead atoms. The van der Waals surface area contributed by atoms with Crippen LogP contribution in [-0.4, -0.2) is 67.4 Å². The van der Waals surface area contributed by atoms with Crippen LogP contribution in [0.25, 0.3) is 11.0 Å². The predicted molar refractivity (Wildman–Crippen MR) is 105 cm³/mol. The van der Waals surface area contributed by atoms with Gasteiger partial charge < -0.3 is 14.3 Å². The molecule has 1 saturated heterocycles. The summed E-state index contributed by atoms with van der Waals surface area (Å²) in [5.41, 5.74) is 1.06. The lowest BCUT2D eigenvalue weighted by molar-refractivity contribution is 0.0730. The summed E-state index contributed by atoms with van der Waals surface area (Å²) in [7, 11) is -3.60. The summed E-state index contributed by atoms with van der Waals surface area (Å²) in [5, 5.41) is 7.99. The smallest absolute Gasteiger partial charge is 0.243 e. The molecule has 0 amide bonds. The van der Waals surface area contributed by atoms with E-state index < -0.39 is 10.0 Å². The van der Waals surface area contributed by atoms with Gasteiger partial charge in [0.2, 0.25) is 10.0 Å². The van der Waals surface area contributed by atoms with Crippen molar-refractivity contribution in [2.75, 3.05) is 39.5 Å². The van der Waals surface area contributed by atoms with E-state index in [1.54, 1.807) is 18.2 Å². The number of hydrogen-bond donors (Lipinski definition) is 0. The molecule has 29 heavy (non-hydrogen) atoms. The monoisotopic (exact) mass is 418 g/mol. The first-order valence-corrected chi connectivity index (χ1v) is 10.8. The van der Waals surface area contributed by atoms with Crippen molar-refractivity contribution in [2.24, 2.45) is 0 Å². The Kier molecular flexibility index (Phi) is 5.93. The Morgan fingerprint density at radius 2 is 1.83 bits per heavy atom. The van der Waals surface area contributed by atoms with E-state index in [0.29, 0.717) is 57.0 Å². The highest BCUT2D eigenvalue weighted by Gasteiger charge is 2.27. The summed E-state index contributed by atoms with van der Waals surface area (Å²) in [4.78, 5) is 7.09. The standard InChI is InChI=1S/C19H22N4O5S/c24-29(25,22-9-13-26-14-10-22)17-7-8-18-19(15-17)23(21-20-18)28-12-4-11-27-16-5-2-1-3-6-16/h1-3,5-8,15H,4,9-14H2. The van der Waals surface area contributed by atoms with E-state index in [4.69, 9.17) is 14.3 Å². The van der Waals surface area contributed by atoms with Crippen LogP contribution in [0.5, 0.6) is 5.75 Å².